The van der Waals surface area contributed by atoms with E-state index in [0.717, 1.165) is 31.2 Å². The summed E-state index contributed by atoms with van der Waals surface area (Å²) in [5.41, 5.74) is 0.408. The molecule has 1 aliphatic carbocycles. The van der Waals surface area contributed by atoms with Crippen LogP contribution in [0.1, 0.15) is 58.4 Å². The molecule has 1 fully saturated rings. The molecule has 0 unspecified atom stereocenters. The smallest absolute Gasteiger partial charge is 0.422 e. The van der Waals surface area contributed by atoms with Gasteiger partial charge in [-0.3, -0.25) is 0 Å². The zero-order valence-electron chi connectivity index (χ0n) is 13.8. The molecule has 1 aliphatic rings. The average Bonchev–Trinajstić information content (AvgIpc) is 2.48. The predicted molar refractivity (Wildman–Crippen MR) is 88.3 cm³/mol. The first-order chi connectivity index (χ1) is 10.5. The van der Waals surface area contributed by atoms with Gasteiger partial charge >= 0.3 is 6.09 Å². The van der Waals surface area contributed by atoms with E-state index in [0.29, 0.717) is 0 Å². The largest absolute Gasteiger partial charge is 0.443 e. The molecule has 1 aromatic rings. The number of hydrogen-bond donors (Lipinski definition) is 0. The van der Waals surface area contributed by atoms with Gasteiger partial charge in [-0.2, -0.15) is 0 Å². The van der Waals surface area contributed by atoms with E-state index < -0.39 is 5.60 Å². The van der Waals surface area contributed by atoms with Gasteiger partial charge in [0.15, 0.2) is 0 Å². The standard InChI is InChI=1S/C19H25NO2/c1-19(2,3)22-18(21)20(17-12-8-5-9-13-17)15-14-16-10-6-4-7-11-16/h4,6-7,10-11,17H,5,8-9,12-13H2,1-3H3. The number of carbonyl (C=O) groups excluding carboxylic acids is 1. The van der Waals surface area contributed by atoms with E-state index in [2.05, 4.69) is 12.0 Å². The van der Waals surface area contributed by atoms with Crippen molar-refractivity contribution in [2.45, 2.75) is 64.5 Å². The topological polar surface area (TPSA) is 29.5 Å². The molecule has 0 N–H and O–H groups in total. The molecule has 1 aromatic carbocycles. The van der Waals surface area contributed by atoms with Crippen LogP contribution in [-0.4, -0.2) is 22.6 Å². The van der Waals surface area contributed by atoms with Gasteiger partial charge in [-0.05, 0) is 51.7 Å². The van der Waals surface area contributed by atoms with Crippen LogP contribution in [0.15, 0.2) is 30.3 Å². The molecule has 3 heteroatoms. The highest BCUT2D eigenvalue weighted by Gasteiger charge is 2.28. The van der Waals surface area contributed by atoms with Crippen LogP contribution < -0.4 is 0 Å². The summed E-state index contributed by atoms with van der Waals surface area (Å²) < 4.78 is 5.53. The summed E-state index contributed by atoms with van der Waals surface area (Å²) in [6, 6.07) is 12.9. The van der Waals surface area contributed by atoms with Crippen molar-refractivity contribution in [1.82, 2.24) is 4.90 Å². The summed E-state index contributed by atoms with van der Waals surface area (Å²) in [6.45, 7) is 5.65. The molecule has 0 saturated heterocycles. The zero-order valence-corrected chi connectivity index (χ0v) is 13.8. The minimum absolute atomic E-state index is 0.166. The summed E-state index contributed by atoms with van der Waals surface area (Å²) in [4.78, 5) is 14.1. The lowest BCUT2D eigenvalue weighted by atomic mass is 9.94. The van der Waals surface area contributed by atoms with E-state index in [1.165, 1.54) is 6.42 Å². The second-order valence-electron chi connectivity index (χ2n) is 6.75. The van der Waals surface area contributed by atoms with E-state index in [1.807, 2.05) is 51.1 Å². The number of ether oxygens (including phenoxy) is 1. The maximum absolute atomic E-state index is 12.5. The lowest BCUT2D eigenvalue weighted by Gasteiger charge is -2.31. The molecule has 0 heterocycles. The van der Waals surface area contributed by atoms with Crippen LogP contribution in [0, 0.1) is 12.0 Å². The maximum atomic E-state index is 12.5. The highest BCUT2D eigenvalue weighted by Crippen LogP contribution is 2.24. The van der Waals surface area contributed by atoms with Crippen LogP contribution in [0.3, 0.4) is 0 Å². The Morgan fingerprint density at radius 3 is 2.36 bits per heavy atom. The molecule has 1 amide bonds. The van der Waals surface area contributed by atoms with Crippen LogP contribution >= 0.6 is 0 Å². The Labute approximate surface area is 133 Å². The van der Waals surface area contributed by atoms with Gasteiger partial charge in [0.05, 0.1) is 0 Å². The Kier molecular flexibility index (Phi) is 5.49. The molecule has 0 radical (unpaired) electrons. The van der Waals surface area contributed by atoms with Crippen molar-refractivity contribution >= 4 is 6.09 Å². The number of nitrogens with zero attached hydrogens (tertiary/aromatic N) is 1. The summed E-state index contributed by atoms with van der Waals surface area (Å²) in [6.07, 6.45) is 5.22. The first kappa shape index (κ1) is 16.4. The molecule has 0 aliphatic heterocycles. The van der Waals surface area contributed by atoms with Gasteiger partial charge in [-0.1, -0.05) is 37.5 Å². The Balaban J connectivity index is 2.17. The fourth-order valence-corrected chi connectivity index (χ4v) is 2.58. The molecule has 0 atom stereocenters. The van der Waals surface area contributed by atoms with E-state index in [-0.39, 0.29) is 12.1 Å². The number of benzene rings is 1. The van der Waals surface area contributed by atoms with Crippen molar-refractivity contribution in [3.8, 4) is 12.0 Å². The predicted octanol–water partition coefficient (Wildman–Crippen LogP) is 4.57. The molecule has 2 rings (SSSR count). The SMILES string of the molecule is CC(C)(C)OC(=O)N(C#Cc1ccccc1)C1CCCCC1. The summed E-state index contributed by atoms with van der Waals surface area (Å²) in [5.74, 6) is 3.08. The lowest BCUT2D eigenvalue weighted by Crippen LogP contribution is -2.41. The molecular weight excluding hydrogens is 274 g/mol. The second-order valence-corrected chi connectivity index (χ2v) is 6.75. The van der Waals surface area contributed by atoms with E-state index >= 15 is 0 Å². The van der Waals surface area contributed by atoms with Crippen LogP contribution in [0.4, 0.5) is 4.79 Å². The lowest BCUT2D eigenvalue weighted by molar-refractivity contribution is 0.0262. The number of carbonyl (C=O) groups is 1. The average molecular weight is 299 g/mol. The maximum Gasteiger partial charge on any atom is 0.422 e. The van der Waals surface area contributed by atoms with Crippen molar-refractivity contribution < 1.29 is 9.53 Å². The third-order valence-electron chi connectivity index (χ3n) is 3.62. The second kappa shape index (κ2) is 7.35. The van der Waals surface area contributed by atoms with Crippen molar-refractivity contribution in [3.63, 3.8) is 0 Å². The minimum Gasteiger partial charge on any atom is -0.443 e. The number of rotatable bonds is 1. The third-order valence-corrected chi connectivity index (χ3v) is 3.62. The van der Waals surface area contributed by atoms with Gasteiger partial charge in [0, 0.05) is 17.6 Å². The molecular formula is C19H25NO2. The van der Waals surface area contributed by atoms with Crippen molar-refractivity contribution in [3.05, 3.63) is 35.9 Å². The minimum atomic E-state index is -0.502. The molecule has 0 spiro atoms. The normalized spacial score (nSPS) is 15.6. The van der Waals surface area contributed by atoms with Crippen LogP contribution in [-0.2, 0) is 4.74 Å². The fraction of sp³-hybridized carbons (Fsp3) is 0.526. The van der Waals surface area contributed by atoms with Gasteiger partial charge in [-0.15, -0.1) is 0 Å². The van der Waals surface area contributed by atoms with Crippen molar-refractivity contribution in [2.75, 3.05) is 0 Å². The summed E-state index contributed by atoms with van der Waals surface area (Å²) >= 11 is 0. The van der Waals surface area contributed by atoms with Gasteiger partial charge in [-0.25, -0.2) is 9.69 Å². The third kappa shape index (κ3) is 5.11. The highest BCUT2D eigenvalue weighted by molar-refractivity contribution is 5.71. The summed E-state index contributed by atoms with van der Waals surface area (Å²) in [5, 5.41) is 0. The Morgan fingerprint density at radius 2 is 1.77 bits per heavy atom. The quantitative estimate of drug-likeness (QED) is 0.562. The zero-order chi connectivity index (χ0) is 16.0. The monoisotopic (exact) mass is 299 g/mol. The highest BCUT2D eigenvalue weighted by atomic mass is 16.6. The molecule has 118 valence electrons. The van der Waals surface area contributed by atoms with Gasteiger partial charge in [0.25, 0.3) is 0 Å². The van der Waals surface area contributed by atoms with Gasteiger partial charge < -0.3 is 4.74 Å². The molecule has 0 bridgehead atoms. The summed E-state index contributed by atoms with van der Waals surface area (Å²) in [7, 11) is 0. The first-order valence-corrected chi connectivity index (χ1v) is 8.04. The van der Waals surface area contributed by atoms with Gasteiger partial charge in [0.1, 0.15) is 5.60 Å². The Morgan fingerprint density at radius 1 is 1.14 bits per heavy atom. The van der Waals surface area contributed by atoms with Crippen LogP contribution in [0.25, 0.3) is 0 Å². The molecule has 22 heavy (non-hydrogen) atoms. The molecule has 1 saturated carbocycles. The Bertz CT molecular complexity index is 542. The molecule has 0 aromatic heterocycles. The van der Waals surface area contributed by atoms with E-state index in [1.54, 1.807) is 4.90 Å². The van der Waals surface area contributed by atoms with Crippen LogP contribution in [0.5, 0.6) is 0 Å². The van der Waals surface area contributed by atoms with E-state index in [9.17, 15) is 4.79 Å². The van der Waals surface area contributed by atoms with E-state index in [4.69, 9.17) is 4.74 Å². The van der Waals surface area contributed by atoms with Crippen molar-refractivity contribution in [2.24, 2.45) is 0 Å². The van der Waals surface area contributed by atoms with Crippen molar-refractivity contribution in [1.29, 1.82) is 0 Å². The fourth-order valence-electron chi connectivity index (χ4n) is 2.58. The first-order valence-electron chi connectivity index (χ1n) is 8.04. The van der Waals surface area contributed by atoms with Crippen LogP contribution in [0.2, 0.25) is 0 Å². The number of amides is 1. The molecule has 3 nitrogen and oxygen atoms in total. The van der Waals surface area contributed by atoms with Gasteiger partial charge in [0.2, 0.25) is 0 Å². The Hall–Kier alpha value is -1.95. The number of hydrogen-bond acceptors (Lipinski definition) is 2.